The van der Waals surface area contributed by atoms with Crippen molar-refractivity contribution in [2.75, 3.05) is 0 Å². The Morgan fingerprint density at radius 3 is 2.65 bits per heavy atom. The van der Waals surface area contributed by atoms with Crippen molar-refractivity contribution in [1.82, 2.24) is 9.36 Å². The second-order valence-electron chi connectivity index (χ2n) is 2.88. The van der Waals surface area contributed by atoms with Crippen LogP contribution in [0.5, 0.6) is 0 Å². The maximum absolute atomic E-state index is 13.7. The van der Waals surface area contributed by atoms with Gasteiger partial charge in [-0.15, -0.1) is 0 Å². The van der Waals surface area contributed by atoms with E-state index >= 15 is 0 Å². The van der Waals surface area contributed by atoms with E-state index < -0.39 is 27.8 Å². The van der Waals surface area contributed by atoms with Crippen LogP contribution >= 0.6 is 27.5 Å². The standard InChI is InChI=1S/C8H2BrF2N3O2S/c9-8-12-7(13-17-8)5-3(10)1-2-4(6(5)11)14(15)16/h1-2H. The maximum atomic E-state index is 13.7. The van der Waals surface area contributed by atoms with Crippen LogP contribution in [0.4, 0.5) is 14.5 Å². The van der Waals surface area contributed by atoms with E-state index in [1.807, 2.05) is 0 Å². The SMILES string of the molecule is O=[N+]([O-])c1ccc(F)c(-c2nsc(Br)n2)c1F. The number of aromatic nitrogens is 2. The fraction of sp³-hybridized carbons (Fsp3) is 0. The zero-order chi connectivity index (χ0) is 12.6. The highest BCUT2D eigenvalue weighted by atomic mass is 79.9. The third kappa shape index (κ3) is 2.15. The van der Waals surface area contributed by atoms with E-state index in [0.717, 1.165) is 23.7 Å². The number of halogens is 3. The summed E-state index contributed by atoms with van der Waals surface area (Å²) in [7, 11) is 0. The van der Waals surface area contributed by atoms with E-state index in [0.29, 0.717) is 3.92 Å². The molecule has 0 N–H and O–H groups in total. The van der Waals surface area contributed by atoms with Crippen LogP contribution in [0.2, 0.25) is 0 Å². The summed E-state index contributed by atoms with van der Waals surface area (Å²) in [5, 5.41) is 10.5. The quantitative estimate of drug-likeness (QED) is 0.629. The summed E-state index contributed by atoms with van der Waals surface area (Å²) < 4.78 is 31.2. The molecule has 5 nitrogen and oxygen atoms in total. The number of nitro groups is 1. The van der Waals surface area contributed by atoms with E-state index in [-0.39, 0.29) is 5.82 Å². The molecule has 0 bridgehead atoms. The largest absolute Gasteiger partial charge is 0.305 e. The van der Waals surface area contributed by atoms with Crippen molar-refractivity contribution in [3.8, 4) is 11.4 Å². The fourth-order valence-corrected chi connectivity index (χ4v) is 2.00. The minimum absolute atomic E-state index is 0.222. The predicted molar refractivity (Wildman–Crippen MR) is 59.6 cm³/mol. The van der Waals surface area contributed by atoms with E-state index in [4.69, 9.17) is 0 Å². The first-order valence-electron chi connectivity index (χ1n) is 4.12. The second kappa shape index (κ2) is 4.41. The van der Waals surface area contributed by atoms with Crippen LogP contribution in [-0.4, -0.2) is 14.3 Å². The molecule has 0 amide bonds. The fourth-order valence-electron chi connectivity index (χ4n) is 1.19. The molecule has 1 heterocycles. The number of rotatable bonds is 2. The first kappa shape index (κ1) is 12.0. The van der Waals surface area contributed by atoms with Gasteiger partial charge in [0.25, 0.3) is 0 Å². The molecule has 0 atom stereocenters. The van der Waals surface area contributed by atoms with Crippen LogP contribution < -0.4 is 0 Å². The lowest BCUT2D eigenvalue weighted by molar-refractivity contribution is -0.387. The number of hydrogen-bond donors (Lipinski definition) is 0. The summed E-state index contributed by atoms with van der Waals surface area (Å²) in [5.41, 5.74) is -1.41. The van der Waals surface area contributed by atoms with Gasteiger partial charge in [-0.05, 0) is 33.5 Å². The molecule has 88 valence electrons. The molecule has 0 radical (unpaired) electrons. The van der Waals surface area contributed by atoms with Gasteiger partial charge in [-0.2, -0.15) is 8.76 Å². The Hall–Kier alpha value is -1.48. The third-order valence-corrected chi connectivity index (χ3v) is 3.01. The second-order valence-corrected chi connectivity index (χ2v) is 4.91. The van der Waals surface area contributed by atoms with Crippen LogP contribution in [0.25, 0.3) is 11.4 Å². The molecular weight excluding hydrogens is 320 g/mol. The smallest absolute Gasteiger partial charge is 0.258 e. The van der Waals surface area contributed by atoms with Crippen molar-refractivity contribution >= 4 is 33.1 Å². The highest BCUT2D eigenvalue weighted by molar-refractivity contribution is 9.11. The van der Waals surface area contributed by atoms with Gasteiger partial charge in [-0.25, -0.2) is 9.37 Å². The van der Waals surface area contributed by atoms with Crippen molar-refractivity contribution in [2.24, 2.45) is 0 Å². The molecule has 0 saturated heterocycles. The van der Waals surface area contributed by atoms with Gasteiger partial charge in [0.15, 0.2) is 9.74 Å². The number of nitro benzene ring substituents is 1. The van der Waals surface area contributed by atoms with Crippen molar-refractivity contribution in [3.05, 3.63) is 37.8 Å². The first-order valence-corrected chi connectivity index (χ1v) is 5.69. The minimum atomic E-state index is -1.28. The van der Waals surface area contributed by atoms with Crippen LogP contribution in [0, 0.1) is 21.7 Å². The summed E-state index contributed by atoms with van der Waals surface area (Å²) in [6.45, 7) is 0. The van der Waals surface area contributed by atoms with Crippen molar-refractivity contribution in [2.45, 2.75) is 0 Å². The number of nitrogens with zero attached hydrogens (tertiary/aromatic N) is 3. The molecule has 0 aliphatic heterocycles. The van der Waals surface area contributed by atoms with Crippen LogP contribution in [0.15, 0.2) is 16.0 Å². The van der Waals surface area contributed by atoms with Gasteiger partial charge in [0.1, 0.15) is 5.82 Å². The Balaban J connectivity index is 2.68. The van der Waals surface area contributed by atoms with Gasteiger partial charge in [0, 0.05) is 6.07 Å². The summed E-state index contributed by atoms with van der Waals surface area (Å²) >= 11 is 3.88. The van der Waals surface area contributed by atoms with Gasteiger partial charge >= 0.3 is 5.69 Å². The average Bonchev–Trinajstić information content (AvgIpc) is 2.64. The molecule has 1 aromatic heterocycles. The maximum Gasteiger partial charge on any atom is 0.305 e. The highest BCUT2D eigenvalue weighted by Gasteiger charge is 2.24. The molecule has 2 rings (SSSR count). The molecule has 0 aliphatic carbocycles. The highest BCUT2D eigenvalue weighted by Crippen LogP contribution is 2.31. The summed E-state index contributed by atoms with van der Waals surface area (Å²) in [4.78, 5) is 13.3. The zero-order valence-corrected chi connectivity index (χ0v) is 10.3. The number of benzene rings is 1. The average molecular weight is 322 g/mol. The first-order chi connectivity index (χ1) is 8.00. The lowest BCUT2D eigenvalue weighted by atomic mass is 10.1. The van der Waals surface area contributed by atoms with Gasteiger partial charge in [0.05, 0.1) is 10.5 Å². The summed E-state index contributed by atoms with van der Waals surface area (Å²) in [5.74, 6) is -2.45. The Labute approximate surface area is 106 Å². The summed E-state index contributed by atoms with van der Waals surface area (Å²) in [6, 6.07) is 1.57. The Morgan fingerprint density at radius 1 is 1.41 bits per heavy atom. The third-order valence-electron chi connectivity index (χ3n) is 1.89. The number of hydrogen-bond acceptors (Lipinski definition) is 5. The molecule has 1 aromatic carbocycles. The van der Waals surface area contributed by atoms with E-state index in [9.17, 15) is 18.9 Å². The molecule has 17 heavy (non-hydrogen) atoms. The van der Waals surface area contributed by atoms with E-state index in [1.165, 1.54) is 0 Å². The van der Waals surface area contributed by atoms with Crippen LogP contribution in [-0.2, 0) is 0 Å². The van der Waals surface area contributed by atoms with E-state index in [2.05, 4.69) is 25.3 Å². The van der Waals surface area contributed by atoms with Gasteiger partial charge in [-0.1, -0.05) is 0 Å². The van der Waals surface area contributed by atoms with Gasteiger partial charge in [-0.3, -0.25) is 10.1 Å². The zero-order valence-electron chi connectivity index (χ0n) is 7.85. The lowest BCUT2D eigenvalue weighted by Gasteiger charge is -2.00. The Kier molecular flexibility index (Phi) is 3.11. The Morgan fingerprint density at radius 2 is 2.12 bits per heavy atom. The topological polar surface area (TPSA) is 68.9 Å². The van der Waals surface area contributed by atoms with Crippen molar-refractivity contribution in [1.29, 1.82) is 0 Å². The molecule has 0 spiro atoms. The molecule has 0 fully saturated rings. The van der Waals surface area contributed by atoms with Crippen molar-refractivity contribution in [3.63, 3.8) is 0 Å². The molecule has 0 unspecified atom stereocenters. The lowest BCUT2D eigenvalue weighted by Crippen LogP contribution is -1.98. The van der Waals surface area contributed by atoms with E-state index in [1.54, 1.807) is 0 Å². The minimum Gasteiger partial charge on any atom is -0.258 e. The van der Waals surface area contributed by atoms with Gasteiger partial charge < -0.3 is 0 Å². The predicted octanol–water partition coefficient (Wildman–Crippen LogP) is 3.15. The molecule has 9 heteroatoms. The normalized spacial score (nSPS) is 10.5. The molecule has 2 aromatic rings. The van der Waals surface area contributed by atoms with Gasteiger partial charge in [0.2, 0.25) is 5.82 Å². The van der Waals surface area contributed by atoms with Crippen molar-refractivity contribution < 1.29 is 13.7 Å². The molecule has 0 saturated carbocycles. The summed E-state index contributed by atoms with van der Waals surface area (Å²) in [6.07, 6.45) is 0. The molecule has 0 aliphatic rings. The Bertz CT molecular complexity index is 604. The van der Waals surface area contributed by atoms with Crippen LogP contribution in [0.1, 0.15) is 0 Å². The molecular formula is C8H2BrF2N3O2S. The van der Waals surface area contributed by atoms with Crippen LogP contribution in [0.3, 0.4) is 0 Å². The monoisotopic (exact) mass is 321 g/mol.